The second-order valence-electron chi connectivity index (χ2n) is 11.6. The molecule has 0 N–H and O–H groups in total. The van der Waals surface area contributed by atoms with Gasteiger partial charge in [0.2, 0.25) is 0 Å². The first kappa shape index (κ1) is 20.3. The van der Waals surface area contributed by atoms with Gasteiger partial charge in [0.05, 0.1) is 0 Å². The summed E-state index contributed by atoms with van der Waals surface area (Å²) in [4.78, 5) is 0. The zero-order valence-corrected chi connectivity index (χ0v) is 19.8. The third kappa shape index (κ3) is 2.84. The van der Waals surface area contributed by atoms with Crippen LogP contribution in [0.15, 0.2) is 121 Å². The molecule has 4 fully saturated rings. The lowest BCUT2D eigenvalue weighted by Crippen LogP contribution is -2.67. The van der Waals surface area contributed by atoms with Crippen LogP contribution in [0, 0.1) is 0 Å². The van der Waals surface area contributed by atoms with Crippen LogP contribution in [0.3, 0.4) is 0 Å². The summed E-state index contributed by atoms with van der Waals surface area (Å²) in [7, 11) is 0. The molecule has 0 aliphatic heterocycles. The van der Waals surface area contributed by atoms with Crippen LogP contribution in [0.5, 0.6) is 0 Å². The van der Waals surface area contributed by atoms with Gasteiger partial charge in [0.1, 0.15) is 0 Å². The van der Waals surface area contributed by atoms with Crippen molar-refractivity contribution in [3.63, 3.8) is 0 Å². The summed E-state index contributed by atoms with van der Waals surface area (Å²) in [6.07, 6.45) is 7.57. The minimum atomic E-state index is 0.192. The van der Waals surface area contributed by atoms with Gasteiger partial charge in [0.15, 0.2) is 0 Å². The van der Waals surface area contributed by atoms with E-state index in [-0.39, 0.29) is 21.7 Å². The molecule has 168 valence electrons. The fourth-order valence-corrected chi connectivity index (χ4v) is 9.03. The van der Waals surface area contributed by atoms with Crippen LogP contribution in [-0.4, -0.2) is 0 Å². The van der Waals surface area contributed by atoms with Gasteiger partial charge in [-0.1, -0.05) is 121 Å². The van der Waals surface area contributed by atoms with E-state index in [2.05, 4.69) is 121 Å². The van der Waals surface area contributed by atoms with Crippen LogP contribution >= 0.6 is 0 Å². The van der Waals surface area contributed by atoms with Crippen molar-refractivity contribution in [3.8, 4) is 0 Å². The Morgan fingerprint density at radius 2 is 0.441 bits per heavy atom. The maximum Gasteiger partial charge on any atom is -0.00215 e. The average Bonchev–Trinajstić information content (AvgIpc) is 2.90. The highest BCUT2D eigenvalue weighted by Crippen LogP contribution is 2.74. The zero-order chi connectivity index (χ0) is 22.7. The Hall–Kier alpha value is -3.12. The Morgan fingerprint density at radius 3 is 0.618 bits per heavy atom. The van der Waals surface area contributed by atoms with Gasteiger partial charge >= 0.3 is 0 Å². The minimum absolute atomic E-state index is 0.192. The molecule has 0 aromatic heterocycles. The normalized spacial score (nSPS) is 33.6. The fraction of sp³-hybridized carbons (Fsp3) is 0.294. The van der Waals surface area contributed by atoms with Gasteiger partial charge in [-0.3, -0.25) is 0 Å². The highest BCUT2D eigenvalue weighted by Gasteiger charge is 2.69. The topological polar surface area (TPSA) is 0 Å². The Kier molecular flexibility index (Phi) is 4.29. The molecule has 0 spiro atoms. The summed E-state index contributed by atoms with van der Waals surface area (Å²) < 4.78 is 0. The highest BCUT2D eigenvalue weighted by atomic mass is 14.7. The van der Waals surface area contributed by atoms with Crippen molar-refractivity contribution in [2.75, 3.05) is 0 Å². The molecule has 8 rings (SSSR count). The molecule has 34 heavy (non-hydrogen) atoms. The largest absolute Gasteiger partial charge is 0.0622 e. The van der Waals surface area contributed by atoms with E-state index in [9.17, 15) is 0 Å². The molecular formula is C34H32. The van der Waals surface area contributed by atoms with Crippen molar-refractivity contribution in [1.29, 1.82) is 0 Å². The van der Waals surface area contributed by atoms with E-state index in [4.69, 9.17) is 0 Å². The molecule has 4 saturated carbocycles. The lowest BCUT2D eigenvalue weighted by Gasteiger charge is -2.71. The SMILES string of the molecule is c1ccc(C23CC4(c5ccccc5)CC(c5ccccc5)(C2)CC(c2ccccc2)(C3)C4)cc1. The summed E-state index contributed by atoms with van der Waals surface area (Å²) in [6, 6.07) is 46.1. The van der Waals surface area contributed by atoms with Crippen molar-refractivity contribution >= 4 is 0 Å². The molecule has 4 aromatic carbocycles. The van der Waals surface area contributed by atoms with E-state index in [1.807, 2.05) is 0 Å². The Balaban J connectivity index is 1.53. The lowest BCUT2D eigenvalue weighted by molar-refractivity contribution is -0.0691. The molecule has 0 saturated heterocycles. The molecule has 0 heteroatoms. The minimum Gasteiger partial charge on any atom is -0.0622 e. The molecule has 0 nitrogen and oxygen atoms in total. The highest BCUT2D eigenvalue weighted by molar-refractivity contribution is 5.49. The van der Waals surface area contributed by atoms with E-state index in [1.54, 1.807) is 22.3 Å². The van der Waals surface area contributed by atoms with E-state index in [0.29, 0.717) is 0 Å². The summed E-state index contributed by atoms with van der Waals surface area (Å²) in [5, 5.41) is 0. The van der Waals surface area contributed by atoms with Crippen LogP contribution in [0.4, 0.5) is 0 Å². The van der Waals surface area contributed by atoms with Gasteiger partial charge in [-0.2, -0.15) is 0 Å². The molecule has 0 radical (unpaired) electrons. The van der Waals surface area contributed by atoms with Crippen molar-refractivity contribution in [2.24, 2.45) is 0 Å². The smallest absolute Gasteiger partial charge is 0.00215 e. The van der Waals surface area contributed by atoms with Gasteiger partial charge in [-0.05, 0) is 82.4 Å². The monoisotopic (exact) mass is 440 g/mol. The van der Waals surface area contributed by atoms with E-state index < -0.39 is 0 Å². The first-order valence-corrected chi connectivity index (χ1v) is 12.9. The molecule has 0 heterocycles. The number of rotatable bonds is 4. The zero-order valence-electron chi connectivity index (χ0n) is 19.8. The standard InChI is InChI=1S/C34H32/c1-5-13-27(14-6-1)31-21-32(28-15-7-2-8-16-28)24-33(22-31,29-17-9-3-10-18-29)26-34(23-31,25-32)30-19-11-4-12-20-30/h1-20H,21-26H2. The summed E-state index contributed by atoms with van der Waals surface area (Å²) in [5.41, 5.74) is 6.97. The summed E-state index contributed by atoms with van der Waals surface area (Å²) in [6.45, 7) is 0. The third-order valence-corrected chi connectivity index (χ3v) is 9.61. The number of benzene rings is 4. The fourth-order valence-electron chi connectivity index (χ4n) is 9.03. The van der Waals surface area contributed by atoms with E-state index >= 15 is 0 Å². The summed E-state index contributed by atoms with van der Waals surface area (Å²) >= 11 is 0. The second kappa shape index (κ2) is 7.19. The first-order valence-electron chi connectivity index (χ1n) is 12.9. The lowest BCUT2D eigenvalue weighted by atomic mass is 9.32. The Labute approximate surface area is 203 Å². The van der Waals surface area contributed by atoms with E-state index in [0.717, 1.165) is 0 Å². The number of hydrogen-bond donors (Lipinski definition) is 0. The Bertz CT molecular complexity index is 1040. The molecule has 0 unspecified atom stereocenters. The summed E-state index contributed by atoms with van der Waals surface area (Å²) in [5.74, 6) is 0. The maximum absolute atomic E-state index is 2.42. The first-order chi connectivity index (χ1) is 16.7. The molecule has 4 aliphatic rings. The third-order valence-electron chi connectivity index (χ3n) is 9.61. The molecule has 0 amide bonds. The second-order valence-corrected chi connectivity index (χ2v) is 11.6. The van der Waals surface area contributed by atoms with E-state index in [1.165, 1.54) is 38.5 Å². The maximum atomic E-state index is 2.42. The van der Waals surface area contributed by atoms with Crippen LogP contribution in [-0.2, 0) is 21.7 Å². The number of hydrogen-bond acceptors (Lipinski definition) is 0. The van der Waals surface area contributed by atoms with Gasteiger partial charge < -0.3 is 0 Å². The molecule has 0 atom stereocenters. The quantitative estimate of drug-likeness (QED) is 0.300. The van der Waals surface area contributed by atoms with Crippen LogP contribution in [0.1, 0.15) is 60.8 Å². The van der Waals surface area contributed by atoms with Crippen molar-refractivity contribution in [1.82, 2.24) is 0 Å². The van der Waals surface area contributed by atoms with Gasteiger partial charge in [-0.15, -0.1) is 0 Å². The van der Waals surface area contributed by atoms with Crippen LogP contribution in [0.2, 0.25) is 0 Å². The van der Waals surface area contributed by atoms with Gasteiger partial charge in [-0.25, -0.2) is 0 Å². The van der Waals surface area contributed by atoms with Crippen molar-refractivity contribution < 1.29 is 0 Å². The molecule has 4 bridgehead atoms. The molecular weight excluding hydrogens is 408 g/mol. The molecule has 4 aliphatic carbocycles. The predicted octanol–water partition coefficient (Wildman–Crippen LogP) is 8.12. The van der Waals surface area contributed by atoms with Crippen molar-refractivity contribution in [2.45, 2.75) is 60.2 Å². The van der Waals surface area contributed by atoms with Crippen molar-refractivity contribution in [3.05, 3.63) is 144 Å². The van der Waals surface area contributed by atoms with Gasteiger partial charge in [0.25, 0.3) is 0 Å². The predicted molar refractivity (Wildman–Crippen MR) is 140 cm³/mol. The van der Waals surface area contributed by atoms with Crippen LogP contribution in [0.25, 0.3) is 0 Å². The van der Waals surface area contributed by atoms with Gasteiger partial charge in [0, 0.05) is 0 Å². The average molecular weight is 441 g/mol. The Morgan fingerprint density at radius 1 is 0.265 bits per heavy atom. The molecule has 4 aromatic rings. The van der Waals surface area contributed by atoms with Crippen LogP contribution < -0.4 is 0 Å².